The van der Waals surface area contributed by atoms with Crippen molar-refractivity contribution in [2.24, 2.45) is 0 Å². The fourth-order valence-electron chi connectivity index (χ4n) is 4.74. The van der Waals surface area contributed by atoms with Gasteiger partial charge in [-0.05, 0) is 36.8 Å². The topological polar surface area (TPSA) is 68.7 Å². The van der Waals surface area contributed by atoms with Crippen LogP contribution in [0.15, 0.2) is 60.7 Å². The third kappa shape index (κ3) is 8.98. The molecular formula is C29H46N2O4. The van der Waals surface area contributed by atoms with Crippen molar-refractivity contribution in [1.82, 2.24) is 9.80 Å². The number of hydrogen-bond donors (Lipinski definition) is 2. The van der Waals surface area contributed by atoms with E-state index in [0.717, 1.165) is 52.7 Å². The second-order valence-corrected chi connectivity index (χ2v) is 9.54. The van der Waals surface area contributed by atoms with E-state index in [-0.39, 0.29) is 19.6 Å². The zero-order chi connectivity index (χ0) is 24.3. The van der Waals surface area contributed by atoms with Crippen LogP contribution in [0.4, 0.5) is 0 Å². The number of piperidine rings is 2. The first-order valence-electron chi connectivity index (χ1n) is 12.4. The molecule has 2 aromatic carbocycles. The van der Waals surface area contributed by atoms with Gasteiger partial charge in [0, 0.05) is 53.5 Å². The van der Waals surface area contributed by atoms with Crippen LogP contribution in [0.5, 0.6) is 0 Å². The molecule has 3 fully saturated rings. The summed E-state index contributed by atoms with van der Waals surface area (Å²) in [5, 5.41) is 16.4. The highest BCUT2D eigenvalue weighted by Gasteiger charge is 2.46. The van der Waals surface area contributed by atoms with Crippen LogP contribution in [0.2, 0.25) is 0 Å². The first kappa shape index (κ1) is 29.4. The van der Waals surface area contributed by atoms with Crippen molar-refractivity contribution in [1.29, 1.82) is 0 Å². The molecule has 0 atom stereocenters. The summed E-state index contributed by atoms with van der Waals surface area (Å²) in [6.45, 7) is 7.58. The molecule has 0 unspecified atom stereocenters. The smallest absolute Gasteiger partial charge is 0.0940 e. The van der Waals surface area contributed by atoms with E-state index in [1.54, 1.807) is 7.11 Å². The summed E-state index contributed by atoms with van der Waals surface area (Å²) >= 11 is 0. The van der Waals surface area contributed by atoms with Gasteiger partial charge in [-0.15, -0.1) is 0 Å². The van der Waals surface area contributed by atoms with Gasteiger partial charge in [-0.1, -0.05) is 68.1 Å². The van der Waals surface area contributed by atoms with Gasteiger partial charge >= 0.3 is 0 Å². The van der Waals surface area contributed by atoms with Gasteiger partial charge in [0.05, 0.1) is 24.4 Å². The van der Waals surface area contributed by atoms with Crippen molar-refractivity contribution in [2.75, 3.05) is 53.6 Å². The number of rotatable bonds is 6. The molecule has 1 spiro atoms. The van der Waals surface area contributed by atoms with Crippen molar-refractivity contribution in [2.45, 2.75) is 57.4 Å². The van der Waals surface area contributed by atoms with Gasteiger partial charge in [0.25, 0.3) is 0 Å². The minimum absolute atomic E-state index is 0. The van der Waals surface area contributed by atoms with E-state index in [0.29, 0.717) is 5.60 Å². The molecule has 3 aliphatic heterocycles. The maximum absolute atomic E-state index is 9.37. The molecule has 2 aromatic rings. The highest BCUT2D eigenvalue weighted by atomic mass is 16.6. The van der Waals surface area contributed by atoms with E-state index in [1.165, 1.54) is 37.1 Å². The Kier molecular flexibility index (Phi) is 12.3. The Hall–Kier alpha value is -1.80. The van der Waals surface area contributed by atoms with Crippen LogP contribution in [0.3, 0.4) is 0 Å². The lowest BCUT2D eigenvalue weighted by Gasteiger charge is -2.39. The van der Waals surface area contributed by atoms with Crippen molar-refractivity contribution in [3.63, 3.8) is 0 Å². The second-order valence-electron chi connectivity index (χ2n) is 9.54. The number of ether oxygens (including phenoxy) is 2. The van der Waals surface area contributed by atoms with Gasteiger partial charge in [0.2, 0.25) is 0 Å². The van der Waals surface area contributed by atoms with Gasteiger partial charge in [0.15, 0.2) is 0 Å². The van der Waals surface area contributed by atoms with Gasteiger partial charge in [-0.3, -0.25) is 9.80 Å². The van der Waals surface area contributed by atoms with Gasteiger partial charge in [0.1, 0.15) is 0 Å². The molecule has 3 saturated heterocycles. The summed E-state index contributed by atoms with van der Waals surface area (Å²) < 4.78 is 11.0. The Morgan fingerprint density at radius 1 is 0.771 bits per heavy atom. The molecule has 0 bridgehead atoms. The number of epoxide rings is 1. The van der Waals surface area contributed by atoms with Crippen LogP contribution in [0, 0.1) is 0 Å². The van der Waals surface area contributed by atoms with E-state index >= 15 is 0 Å². The van der Waals surface area contributed by atoms with E-state index < -0.39 is 0 Å². The number of nitrogens with zero attached hydrogens (tertiary/aromatic N) is 2. The maximum Gasteiger partial charge on any atom is 0.0940 e. The average Bonchev–Trinajstić information content (AvgIpc) is 3.68. The van der Waals surface area contributed by atoms with E-state index in [1.807, 2.05) is 6.07 Å². The molecule has 0 aromatic heterocycles. The lowest BCUT2D eigenvalue weighted by Crippen LogP contribution is -2.47. The predicted molar refractivity (Wildman–Crippen MR) is 142 cm³/mol. The lowest BCUT2D eigenvalue weighted by atomic mass is 9.92. The van der Waals surface area contributed by atoms with Crippen molar-refractivity contribution >= 4 is 0 Å². The minimum Gasteiger partial charge on any atom is -0.400 e. The summed E-state index contributed by atoms with van der Waals surface area (Å²) in [4.78, 5) is 4.95. The van der Waals surface area contributed by atoms with E-state index in [2.05, 4.69) is 64.4 Å². The van der Waals surface area contributed by atoms with Gasteiger partial charge in [-0.25, -0.2) is 0 Å². The molecule has 0 saturated carbocycles. The first-order chi connectivity index (χ1) is 16.6. The fourth-order valence-corrected chi connectivity index (χ4v) is 4.74. The number of likely N-dealkylation sites (tertiary alicyclic amines) is 2. The monoisotopic (exact) mass is 486 g/mol. The third-order valence-corrected chi connectivity index (χ3v) is 7.31. The first-order valence-corrected chi connectivity index (χ1v) is 12.4. The van der Waals surface area contributed by atoms with Crippen molar-refractivity contribution in [3.05, 3.63) is 71.8 Å². The summed E-state index contributed by atoms with van der Waals surface area (Å²) in [5.74, 6) is 0. The van der Waals surface area contributed by atoms with Crippen molar-refractivity contribution < 1.29 is 19.7 Å². The molecule has 6 heteroatoms. The number of methoxy groups -OCH3 is 1. The SMILES string of the molecule is C.CO.COC1(CO)CCN(Cc2ccccc2)CC1.c1ccc(CN2CCC3(CC2)CO3)cc1. The van der Waals surface area contributed by atoms with Crippen LogP contribution in [-0.2, 0) is 22.6 Å². The summed E-state index contributed by atoms with van der Waals surface area (Å²) in [6.07, 6.45) is 4.26. The van der Waals surface area contributed by atoms with Gasteiger partial charge < -0.3 is 19.7 Å². The molecule has 5 rings (SSSR count). The molecule has 2 N–H and O–H groups in total. The van der Waals surface area contributed by atoms with Crippen LogP contribution in [-0.4, -0.2) is 84.8 Å². The Balaban J connectivity index is 0.000000226. The van der Waals surface area contributed by atoms with Crippen LogP contribution in [0.25, 0.3) is 0 Å². The standard InChI is InChI=1S/C14H21NO2.C13H17NO.CH4O.CH4/c1-17-14(12-16)7-9-15(10-8-14)11-13-5-3-2-4-6-13;1-2-4-12(5-3-1)10-14-8-6-13(7-9-14)11-15-13;1-2;/h2-6,16H,7-12H2,1H3;1-5H,6-11H2;2H,1H3;1H4. The van der Waals surface area contributed by atoms with E-state index in [4.69, 9.17) is 14.6 Å². The molecular weight excluding hydrogens is 440 g/mol. The normalized spacial score (nSPS) is 20.5. The highest BCUT2D eigenvalue weighted by molar-refractivity contribution is 5.15. The Labute approximate surface area is 212 Å². The number of benzene rings is 2. The summed E-state index contributed by atoms with van der Waals surface area (Å²) in [5.41, 5.74) is 2.78. The Morgan fingerprint density at radius 2 is 1.17 bits per heavy atom. The Bertz CT molecular complexity index is 790. The zero-order valence-electron chi connectivity index (χ0n) is 20.9. The van der Waals surface area contributed by atoms with E-state index in [9.17, 15) is 5.11 Å². The lowest BCUT2D eigenvalue weighted by molar-refractivity contribution is -0.0899. The molecule has 0 amide bonds. The maximum atomic E-state index is 9.37. The highest BCUT2D eigenvalue weighted by Crippen LogP contribution is 2.37. The number of aliphatic hydroxyl groups excluding tert-OH is 2. The summed E-state index contributed by atoms with van der Waals surface area (Å²) in [6, 6.07) is 21.2. The van der Waals surface area contributed by atoms with Gasteiger partial charge in [-0.2, -0.15) is 0 Å². The molecule has 196 valence electrons. The predicted octanol–water partition coefficient (Wildman–Crippen LogP) is 3.96. The second kappa shape index (κ2) is 14.7. The largest absolute Gasteiger partial charge is 0.400 e. The molecule has 3 heterocycles. The van der Waals surface area contributed by atoms with Crippen molar-refractivity contribution in [3.8, 4) is 0 Å². The molecule has 3 aliphatic rings. The average molecular weight is 487 g/mol. The van der Waals surface area contributed by atoms with Crippen LogP contribution >= 0.6 is 0 Å². The molecule has 35 heavy (non-hydrogen) atoms. The Morgan fingerprint density at radius 3 is 1.51 bits per heavy atom. The van der Waals surface area contributed by atoms with Crippen LogP contribution < -0.4 is 0 Å². The minimum atomic E-state index is -0.298. The molecule has 0 radical (unpaired) electrons. The third-order valence-electron chi connectivity index (χ3n) is 7.31. The fraction of sp³-hybridized carbons (Fsp3) is 0.586. The molecule has 0 aliphatic carbocycles. The zero-order valence-corrected chi connectivity index (χ0v) is 20.9. The summed E-state index contributed by atoms with van der Waals surface area (Å²) in [7, 11) is 2.70. The quantitative estimate of drug-likeness (QED) is 0.603. The number of hydrogen-bond acceptors (Lipinski definition) is 6. The molecule has 6 nitrogen and oxygen atoms in total. The van der Waals surface area contributed by atoms with Crippen LogP contribution in [0.1, 0.15) is 44.2 Å². The number of aliphatic hydroxyl groups is 2.